The van der Waals surface area contributed by atoms with Gasteiger partial charge in [0.1, 0.15) is 0 Å². The number of nitrogens with zero attached hydrogens (tertiary/aromatic N) is 1. The number of aliphatic hydroxyl groups excluding tert-OH is 1. The number of aromatic nitrogens is 1. The van der Waals surface area contributed by atoms with E-state index in [4.69, 9.17) is 0 Å². The second-order valence-corrected chi connectivity index (χ2v) is 11.1. The summed E-state index contributed by atoms with van der Waals surface area (Å²) in [5.41, 5.74) is 7.72. The van der Waals surface area contributed by atoms with Gasteiger partial charge in [0.15, 0.2) is 5.78 Å². The highest BCUT2D eigenvalue weighted by molar-refractivity contribution is 6.43. The fourth-order valence-corrected chi connectivity index (χ4v) is 5.90. The standard InChI is InChI=1S/C42H29NO3/c44-41-37(30-13-5-1-6-14-30)27-36(28-38(41)31-15-7-2-8-16-31)43-39(32-17-9-3-10-18-32)25-35(26-40(43)33-19-11-4-12-20-33)29-21-23-34(24-22-29)42(45)46/h1-28H,(H-,44,45,46)/p+1. The molecule has 1 aliphatic rings. The Bertz CT molecular complexity index is 2210. The lowest BCUT2D eigenvalue weighted by Crippen LogP contribution is -2.29. The first-order valence-electron chi connectivity index (χ1n) is 15.1. The predicted octanol–water partition coefficient (Wildman–Crippen LogP) is 7.91. The van der Waals surface area contributed by atoms with Gasteiger partial charge in [-0.3, -0.25) is 4.79 Å². The summed E-state index contributed by atoms with van der Waals surface area (Å²) in [5, 5.41) is 21.5. The summed E-state index contributed by atoms with van der Waals surface area (Å²) in [6.45, 7) is 0. The maximum atomic E-state index is 14.1. The molecule has 4 nitrogen and oxygen atoms in total. The van der Waals surface area contributed by atoms with Crippen LogP contribution in [-0.2, 0) is 4.79 Å². The van der Waals surface area contributed by atoms with Crippen LogP contribution in [0, 0.1) is 16.1 Å². The van der Waals surface area contributed by atoms with Crippen LogP contribution in [0.4, 0.5) is 0 Å². The Kier molecular flexibility index (Phi) is 7.68. The Morgan fingerprint density at radius 3 is 1.24 bits per heavy atom. The zero-order chi connectivity index (χ0) is 31.5. The first-order valence-corrected chi connectivity index (χ1v) is 15.1. The molecule has 220 valence electrons. The van der Waals surface area contributed by atoms with Crippen molar-refractivity contribution in [2.45, 2.75) is 0 Å². The predicted molar refractivity (Wildman–Crippen MR) is 182 cm³/mol. The van der Waals surface area contributed by atoms with Crippen molar-refractivity contribution in [2.75, 3.05) is 0 Å². The lowest BCUT2D eigenvalue weighted by molar-refractivity contribution is -0.492. The number of Topliss-reactive ketones (excluding diaryl/α,β-unsaturated/α-hetero) is 1. The molecule has 0 spiro atoms. The third-order valence-corrected chi connectivity index (χ3v) is 8.18. The molecule has 0 fully saturated rings. The average Bonchev–Trinajstić information content (AvgIpc) is 3.13. The molecule has 0 aliphatic heterocycles. The monoisotopic (exact) mass is 596 g/mol. The van der Waals surface area contributed by atoms with E-state index in [1.54, 1.807) is 12.1 Å². The van der Waals surface area contributed by atoms with Crippen molar-refractivity contribution in [3.8, 4) is 22.5 Å². The third-order valence-electron chi connectivity index (χ3n) is 8.18. The van der Waals surface area contributed by atoms with E-state index >= 15 is 0 Å². The van der Waals surface area contributed by atoms with E-state index in [1.807, 2.05) is 121 Å². The summed E-state index contributed by atoms with van der Waals surface area (Å²) in [4.78, 5) is 14.1. The van der Waals surface area contributed by atoms with E-state index in [1.165, 1.54) is 0 Å². The van der Waals surface area contributed by atoms with E-state index in [-0.39, 0.29) is 5.78 Å². The van der Waals surface area contributed by atoms with Gasteiger partial charge in [0.25, 0.3) is 5.95 Å². The van der Waals surface area contributed by atoms with E-state index in [2.05, 4.69) is 40.6 Å². The van der Waals surface area contributed by atoms with Crippen molar-refractivity contribution in [3.63, 3.8) is 0 Å². The van der Waals surface area contributed by atoms with Gasteiger partial charge >= 0.3 is 0 Å². The lowest BCUT2D eigenvalue weighted by Gasteiger charge is -2.15. The van der Waals surface area contributed by atoms with Crippen molar-refractivity contribution >= 4 is 22.9 Å². The number of carbonyl (C=O) groups excluding carboxylic acids is 1. The lowest BCUT2D eigenvalue weighted by atomic mass is 9.87. The van der Waals surface area contributed by atoms with Gasteiger partial charge in [-0.1, -0.05) is 109 Å². The summed E-state index contributed by atoms with van der Waals surface area (Å²) < 4.78 is 2.23. The molecule has 1 heterocycles. The van der Waals surface area contributed by atoms with Gasteiger partial charge in [-0.25, -0.2) is 0 Å². The second kappa shape index (κ2) is 12.4. The Balaban J connectivity index is 1.68. The molecular weight excluding hydrogens is 566 g/mol. The normalized spacial score (nSPS) is 12.8. The number of aliphatic hydroxyl groups is 2. The minimum atomic E-state index is -0.710. The third kappa shape index (κ3) is 5.56. The van der Waals surface area contributed by atoms with Crippen molar-refractivity contribution in [1.82, 2.24) is 0 Å². The summed E-state index contributed by atoms with van der Waals surface area (Å²) in [7, 11) is 0. The molecule has 0 saturated carbocycles. The minimum Gasteiger partial charge on any atom is -0.481 e. The Labute approximate surface area is 266 Å². The quantitative estimate of drug-likeness (QED) is 0.203. The zero-order valence-corrected chi connectivity index (χ0v) is 24.9. The summed E-state index contributed by atoms with van der Waals surface area (Å²) in [5.74, 6) is -0.734. The Hall–Kier alpha value is -6.26. The second-order valence-electron chi connectivity index (χ2n) is 11.1. The number of hydrogen-bond donors (Lipinski definition) is 2. The number of benzene rings is 5. The molecule has 46 heavy (non-hydrogen) atoms. The zero-order valence-electron chi connectivity index (χ0n) is 24.9. The average molecular weight is 597 g/mol. The van der Waals surface area contributed by atoms with Gasteiger partial charge in [-0.05, 0) is 58.0 Å². The van der Waals surface area contributed by atoms with Crippen LogP contribution >= 0.6 is 0 Å². The first-order chi connectivity index (χ1) is 22.6. The van der Waals surface area contributed by atoms with Crippen LogP contribution in [0.3, 0.4) is 0 Å². The van der Waals surface area contributed by atoms with Gasteiger partial charge in [-0.15, -0.1) is 0 Å². The minimum absolute atomic E-state index is 0.0232. The maximum Gasteiger partial charge on any atom is 0.281 e. The van der Waals surface area contributed by atoms with E-state index in [9.17, 15) is 15.0 Å². The highest BCUT2D eigenvalue weighted by Gasteiger charge is 2.28. The van der Waals surface area contributed by atoms with E-state index in [0.717, 1.165) is 49.8 Å². The molecular formula is C42H30NO3+. The van der Waals surface area contributed by atoms with E-state index in [0.29, 0.717) is 16.4 Å². The highest BCUT2D eigenvalue weighted by atomic mass is 16.5. The topological polar surface area (TPSA) is 63.4 Å². The molecule has 0 unspecified atom stereocenters. The van der Waals surface area contributed by atoms with Gasteiger partial charge in [-0.2, -0.15) is 4.24 Å². The molecule has 0 amide bonds. The Morgan fingerprint density at radius 2 is 0.848 bits per heavy atom. The fourth-order valence-electron chi connectivity index (χ4n) is 5.90. The molecule has 0 radical (unpaired) electrons. The molecule has 0 atom stereocenters. The SMILES string of the molecule is O=C1C(c2ccccc2)=CC(=[n+]2c(-c3ccccc3)cc(=c3ccc(=C(O)O)cc3)cc2-c2ccccc2)C=C1c1ccccc1. The molecule has 4 heteroatoms. The van der Waals surface area contributed by atoms with Gasteiger partial charge in [0.2, 0.25) is 17.1 Å². The molecule has 0 bridgehead atoms. The molecule has 1 aromatic heterocycles. The number of hydrogen-bond acceptors (Lipinski definition) is 3. The number of allylic oxidation sites excluding steroid dienone is 4. The molecule has 1 aliphatic carbocycles. The number of ketones is 1. The smallest absolute Gasteiger partial charge is 0.281 e. The van der Waals surface area contributed by atoms with Crippen molar-refractivity contribution in [2.24, 2.45) is 0 Å². The number of rotatable bonds is 4. The fraction of sp³-hybridized carbons (Fsp3) is 0. The summed E-state index contributed by atoms with van der Waals surface area (Å²) in [6.07, 6.45) is 3.99. The van der Waals surface area contributed by atoms with Crippen LogP contribution in [0.25, 0.3) is 39.6 Å². The summed E-state index contributed by atoms with van der Waals surface area (Å²) in [6, 6.07) is 51.5. The van der Waals surface area contributed by atoms with Crippen molar-refractivity contribution in [1.29, 1.82) is 0 Å². The number of carbonyl (C=O) groups is 1. The largest absolute Gasteiger partial charge is 0.481 e. The Morgan fingerprint density at radius 1 is 0.457 bits per heavy atom. The van der Waals surface area contributed by atoms with Crippen LogP contribution in [0.1, 0.15) is 11.1 Å². The van der Waals surface area contributed by atoms with Crippen molar-refractivity contribution < 1.29 is 19.3 Å². The first kappa shape index (κ1) is 28.5. The molecule has 0 saturated heterocycles. The summed E-state index contributed by atoms with van der Waals surface area (Å²) >= 11 is 0. The number of pyridine rings is 1. The van der Waals surface area contributed by atoms with Gasteiger partial charge in [0.05, 0.1) is 5.22 Å². The van der Waals surface area contributed by atoms with Crippen LogP contribution in [0.15, 0.2) is 170 Å². The molecule has 2 N–H and O–H groups in total. The molecule has 7 rings (SSSR count). The van der Waals surface area contributed by atoms with Crippen LogP contribution in [-0.4, -0.2) is 16.0 Å². The van der Waals surface area contributed by atoms with Crippen LogP contribution in [0.5, 0.6) is 0 Å². The van der Waals surface area contributed by atoms with E-state index < -0.39 is 5.95 Å². The van der Waals surface area contributed by atoms with Crippen LogP contribution < -0.4 is 9.46 Å². The van der Waals surface area contributed by atoms with Gasteiger partial charge in [0, 0.05) is 46.6 Å². The molecule has 6 aromatic rings. The van der Waals surface area contributed by atoms with Crippen LogP contribution in [0.2, 0.25) is 0 Å². The molecule has 5 aromatic carbocycles. The van der Waals surface area contributed by atoms with Gasteiger partial charge < -0.3 is 10.2 Å². The van der Waals surface area contributed by atoms with Crippen molar-refractivity contribution in [3.05, 3.63) is 202 Å². The highest BCUT2D eigenvalue weighted by Crippen LogP contribution is 2.32. The maximum absolute atomic E-state index is 14.1.